The number of benzene rings is 2. The molecular weight excluding hydrogens is 393 g/mol. The summed E-state index contributed by atoms with van der Waals surface area (Å²) < 4.78 is 3.70. The zero-order chi connectivity index (χ0) is 13.6. The highest BCUT2D eigenvalue weighted by atomic mass is 79.9. The third kappa shape index (κ3) is 2.26. The van der Waals surface area contributed by atoms with E-state index in [0.29, 0.717) is 11.0 Å². The van der Waals surface area contributed by atoms with Gasteiger partial charge in [-0.2, -0.15) is 0 Å². The quantitative estimate of drug-likeness (QED) is 0.637. The van der Waals surface area contributed by atoms with Gasteiger partial charge in [0.1, 0.15) is 0 Å². The lowest BCUT2D eigenvalue weighted by Gasteiger charge is -2.07. The first kappa shape index (κ1) is 13.0. The number of anilines is 1. The Hall–Kier alpha value is -1.04. The molecule has 2 aromatic carbocycles. The van der Waals surface area contributed by atoms with Gasteiger partial charge in [-0.25, -0.2) is 4.98 Å². The first-order valence-corrected chi connectivity index (χ1v) is 7.41. The van der Waals surface area contributed by atoms with Crippen molar-refractivity contribution in [2.24, 2.45) is 0 Å². The van der Waals surface area contributed by atoms with Crippen LogP contribution in [0.1, 0.15) is 0 Å². The van der Waals surface area contributed by atoms with Crippen molar-refractivity contribution in [1.29, 1.82) is 0 Å². The van der Waals surface area contributed by atoms with E-state index in [9.17, 15) is 0 Å². The first-order chi connectivity index (χ1) is 9.06. The van der Waals surface area contributed by atoms with Crippen molar-refractivity contribution in [3.05, 3.63) is 50.4 Å². The first-order valence-electron chi connectivity index (χ1n) is 5.45. The van der Waals surface area contributed by atoms with E-state index in [2.05, 4.69) is 36.8 Å². The van der Waals surface area contributed by atoms with E-state index in [1.54, 1.807) is 0 Å². The van der Waals surface area contributed by atoms with Gasteiger partial charge < -0.3 is 5.73 Å². The predicted octanol–water partition coefficient (Wildman–Crippen LogP) is 4.79. The van der Waals surface area contributed by atoms with E-state index in [-0.39, 0.29) is 0 Å². The zero-order valence-electron chi connectivity index (χ0n) is 9.57. The highest BCUT2D eigenvalue weighted by molar-refractivity contribution is 9.10. The van der Waals surface area contributed by atoms with Crippen LogP contribution in [0.5, 0.6) is 0 Å². The van der Waals surface area contributed by atoms with Crippen molar-refractivity contribution in [3.63, 3.8) is 0 Å². The van der Waals surface area contributed by atoms with Gasteiger partial charge in [0, 0.05) is 8.95 Å². The van der Waals surface area contributed by atoms with E-state index in [4.69, 9.17) is 17.3 Å². The highest BCUT2D eigenvalue weighted by Crippen LogP contribution is 2.29. The van der Waals surface area contributed by atoms with Crippen molar-refractivity contribution in [3.8, 4) is 5.69 Å². The Labute approximate surface area is 131 Å². The monoisotopic (exact) mass is 399 g/mol. The molecule has 0 bridgehead atoms. The summed E-state index contributed by atoms with van der Waals surface area (Å²) in [6.07, 6.45) is 0. The van der Waals surface area contributed by atoms with Crippen molar-refractivity contribution in [1.82, 2.24) is 9.55 Å². The number of nitrogen functional groups attached to an aromatic ring is 1. The van der Waals surface area contributed by atoms with Crippen LogP contribution < -0.4 is 5.73 Å². The van der Waals surface area contributed by atoms with Gasteiger partial charge in [-0.15, -0.1) is 0 Å². The molecule has 0 aliphatic heterocycles. The van der Waals surface area contributed by atoms with Crippen molar-refractivity contribution >= 4 is 60.4 Å². The molecule has 0 atom stereocenters. The molecular formula is C13H8Br2ClN3. The Balaban J connectivity index is 2.29. The van der Waals surface area contributed by atoms with E-state index in [0.717, 1.165) is 25.7 Å². The summed E-state index contributed by atoms with van der Waals surface area (Å²) in [6.45, 7) is 0. The van der Waals surface area contributed by atoms with Gasteiger partial charge in [0.2, 0.25) is 5.95 Å². The Morgan fingerprint density at radius 1 is 1.11 bits per heavy atom. The van der Waals surface area contributed by atoms with Crippen LogP contribution in [0, 0.1) is 0 Å². The Morgan fingerprint density at radius 3 is 2.63 bits per heavy atom. The Bertz CT molecular complexity index is 783. The topological polar surface area (TPSA) is 43.8 Å². The second-order valence-electron chi connectivity index (χ2n) is 4.04. The number of nitrogens with zero attached hydrogens (tertiary/aromatic N) is 2. The summed E-state index contributed by atoms with van der Waals surface area (Å²) >= 11 is 12.9. The number of aromatic nitrogens is 2. The lowest BCUT2D eigenvalue weighted by atomic mass is 10.3. The molecule has 1 aromatic heterocycles. The van der Waals surface area contributed by atoms with Gasteiger partial charge in [-0.1, -0.05) is 27.5 Å². The minimum atomic E-state index is 0.437. The summed E-state index contributed by atoms with van der Waals surface area (Å²) in [5.41, 5.74) is 8.67. The van der Waals surface area contributed by atoms with Crippen LogP contribution in [0.25, 0.3) is 16.7 Å². The Morgan fingerprint density at radius 2 is 1.89 bits per heavy atom. The van der Waals surface area contributed by atoms with Gasteiger partial charge in [0.25, 0.3) is 0 Å². The molecule has 2 N–H and O–H groups in total. The molecule has 0 radical (unpaired) electrons. The molecule has 0 amide bonds. The van der Waals surface area contributed by atoms with Crippen LogP contribution in [0.2, 0.25) is 5.02 Å². The van der Waals surface area contributed by atoms with E-state index in [1.807, 2.05) is 41.0 Å². The molecule has 6 heteroatoms. The van der Waals surface area contributed by atoms with E-state index < -0.39 is 0 Å². The highest BCUT2D eigenvalue weighted by Gasteiger charge is 2.11. The summed E-state index contributed by atoms with van der Waals surface area (Å²) in [5.74, 6) is 0.437. The minimum Gasteiger partial charge on any atom is -0.369 e. The molecule has 19 heavy (non-hydrogen) atoms. The van der Waals surface area contributed by atoms with Crippen LogP contribution in [0.3, 0.4) is 0 Å². The summed E-state index contributed by atoms with van der Waals surface area (Å²) in [5, 5.41) is 0.635. The lowest BCUT2D eigenvalue weighted by molar-refractivity contribution is 1.11. The molecule has 0 saturated carbocycles. The fraction of sp³-hybridized carbons (Fsp3) is 0. The maximum atomic E-state index is 6.13. The molecule has 0 saturated heterocycles. The zero-order valence-corrected chi connectivity index (χ0v) is 13.5. The smallest absolute Gasteiger partial charge is 0.205 e. The molecule has 0 aliphatic carbocycles. The predicted molar refractivity (Wildman–Crippen MR) is 85.9 cm³/mol. The number of fused-ring (bicyclic) bond motifs is 1. The second kappa shape index (κ2) is 4.81. The largest absolute Gasteiger partial charge is 0.369 e. The molecule has 1 heterocycles. The van der Waals surface area contributed by atoms with E-state index >= 15 is 0 Å². The van der Waals surface area contributed by atoms with Crippen molar-refractivity contribution in [2.75, 3.05) is 5.73 Å². The summed E-state index contributed by atoms with van der Waals surface area (Å²) in [6, 6.07) is 11.5. The van der Waals surface area contributed by atoms with Crippen LogP contribution in [0.4, 0.5) is 5.95 Å². The van der Waals surface area contributed by atoms with Crippen LogP contribution >= 0.6 is 43.5 Å². The van der Waals surface area contributed by atoms with Crippen LogP contribution in [-0.4, -0.2) is 9.55 Å². The fourth-order valence-corrected chi connectivity index (χ4v) is 2.74. The molecule has 3 nitrogen and oxygen atoms in total. The molecule has 3 aromatic rings. The molecule has 0 unspecified atom stereocenters. The molecule has 0 spiro atoms. The number of hydrogen-bond acceptors (Lipinski definition) is 2. The van der Waals surface area contributed by atoms with Gasteiger partial charge in [-0.3, -0.25) is 4.57 Å². The fourth-order valence-electron chi connectivity index (χ4n) is 1.97. The average molecular weight is 401 g/mol. The van der Waals surface area contributed by atoms with Gasteiger partial charge in [0.15, 0.2) is 0 Å². The second-order valence-corrected chi connectivity index (χ2v) is 6.21. The van der Waals surface area contributed by atoms with Gasteiger partial charge >= 0.3 is 0 Å². The third-order valence-electron chi connectivity index (χ3n) is 2.80. The number of halogens is 3. The van der Waals surface area contributed by atoms with Crippen molar-refractivity contribution < 1.29 is 0 Å². The van der Waals surface area contributed by atoms with Crippen molar-refractivity contribution in [2.45, 2.75) is 0 Å². The average Bonchev–Trinajstić information content (AvgIpc) is 2.68. The Kier molecular flexibility index (Phi) is 3.28. The summed E-state index contributed by atoms with van der Waals surface area (Å²) in [7, 11) is 0. The van der Waals surface area contributed by atoms with E-state index in [1.165, 1.54) is 0 Å². The lowest BCUT2D eigenvalue weighted by Crippen LogP contribution is -2.00. The van der Waals surface area contributed by atoms with Gasteiger partial charge in [0.05, 0.1) is 21.7 Å². The minimum absolute atomic E-state index is 0.437. The molecule has 96 valence electrons. The number of rotatable bonds is 1. The molecule has 0 aliphatic rings. The maximum Gasteiger partial charge on any atom is 0.205 e. The van der Waals surface area contributed by atoms with Crippen LogP contribution in [-0.2, 0) is 0 Å². The van der Waals surface area contributed by atoms with Crippen LogP contribution in [0.15, 0.2) is 45.3 Å². The number of imidazole rings is 1. The van der Waals surface area contributed by atoms with Gasteiger partial charge in [-0.05, 0) is 52.3 Å². The maximum absolute atomic E-state index is 6.13. The number of nitrogens with two attached hydrogens (primary N) is 1. The summed E-state index contributed by atoms with van der Waals surface area (Å²) in [4.78, 5) is 4.36. The third-order valence-corrected chi connectivity index (χ3v) is 4.53. The standard InChI is InChI=1S/C13H8Br2ClN3/c14-7-1-4-12-11(5-7)18-13(17)19(12)8-2-3-9(15)10(16)6-8/h1-6H,(H2,17,18). The SMILES string of the molecule is Nc1nc2cc(Br)ccc2n1-c1ccc(Br)c(Cl)c1. The normalized spacial score (nSPS) is 11.1. The molecule has 0 fully saturated rings. The number of hydrogen-bond donors (Lipinski definition) is 1. The molecule has 3 rings (SSSR count).